The first-order valence-electron chi connectivity index (χ1n) is 5.85. The second kappa shape index (κ2) is 5.32. The molecule has 21 heavy (non-hydrogen) atoms. The molecule has 1 heterocycles. The van der Waals surface area contributed by atoms with Crippen LogP contribution in [0.4, 0.5) is 0 Å². The van der Waals surface area contributed by atoms with E-state index in [1.807, 2.05) is 0 Å². The number of sulfonamides is 2. The summed E-state index contributed by atoms with van der Waals surface area (Å²) in [5.74, 6) is 0.990. The van der Waals surface area contributed by atoms with Crippen molar-refractivity contribution >= 4 is 26.1 Å². The molecule has 0 N–H and O–H groups in total. The maximum atomic E-state index is 11.7. The topological polar surface area (TPSA) is 90.0 Å². The maximum absolute atomic E-state index is 11.7. The summed E-state index contributed by atoms with van der Waals surface area (Å²) in [5.41, 5.74) is 0.674. The van der Waals surface area contributed by atoms with Crippen molar-refractivity contribution in [2.24, 2.45) is 0 Å². The number of benzene rings is 1. The van der Waals surface area contributed by atoms with Gasteiger partial charge in [0.2, 0.25) is 20.0 Å². The molecule has 1 aliphatic rings. The normalized spacial score (nSPS) is 18.2. The van der Waals surface area contributed by atoms with Gasteiger partial charge in [0, 0.05) is 5.56 Å². The van der Waals surface area contributed by atoms with Crippen LogP contribution in [0.5, 0.6) is 11.5 Å². The minimum Gasteiger partial charge on any atom is -0.497 e. The van der Waals surface area contributed by atoms with Gasteiger partial charge in [-0.1, -0.05) is 9.79 Å². The van der Waals surface area contributed by atoms with E-state index in [4.69, 9.17) is 9.47 Å². The maximum Gasteiger partial charge on any atom is 0.227 e. The van der Waals surface area contributed by atoms with Gasteiger partial charge in [0.15, 0.2) is 6.23 Å². The Hall–Kier alpha value is -1.58. The molecular weight excluding hydrogens is 318 g/mol. The molecule has 1 unspecified atom stereocenters. The lowest BCUT2D eigenvalue weighted by Crippen LogP contribution is -2.46. The predicted molar refractivity (Wildman–Crippen MR) is 78.0 cm³/mol. The molecule has 0 saturated carbocycles. The summed E-state index contributed by atoms with van der Waals surface area (Å²) in [6.45, 7) is 0. The number of hydrogen-bond donors (Lipinski definition) is 0. The highest BCUT2D eigenvalue weighted by Gasteiger charge is 2.36. The molecule has 0 spiro atoms. The summed E-state index contributed by atoms with van der Waals surface area (Å²) in [6.07, 6.45) is 3.35. The molecule has 2 rings (SSSR count). The lowest BCUT2D eigenvalue weighted by molar-refractivity contribution is 0.178. The Morgan fingerprint density at radius 2 is 1.76 bits per heavy atom. The van der Waals surface area contributed by atoms with E-state index in [1.165, 1.54) is 13.2 Å². The fourth-order valence-corrected chi connectivity index (χ4v) is 4.93. The number of fused-ring (bicyclic) bond motifs is 1. The number of rotatable bonds is 4. The zero-order valence-corrected chi connectivity index (χ0v) is 13.3. The van der Waals surface area contributed by atoms with E-state index in [-0.39, 0.29) is 0 Å². The average molecular weight is 333 g/mol. The highest BCUT2D eigenvalue weighted by molar-refractivity contribution is 8.03. The minimum absolute atomic E-state index is 0.337. The molecule has 7 nitrogen and oxygen atoms in total. The lowest BCUT2D eigenvalue weighted by atomic mass is 10.1. The fraction of sp³-hybridized carbons (Fsp3) is 0.333. The molecular formula is C12H15NO6S2. The molecule has 0 saturated heterocycles. The van der Waals surface area contributed by atoms with Gasteiger partial charge in [0.05, 0.1) is 19.6 Å². The Morgan fingerprint density at radius 1 is 1.14 bits per heavy atom. The Labute approximate surface area is 123 Å². The Morgan fingerprint density at radius 3 is 2.29 bits per heavy atom. The third-order valence-electron chi connectivity index (χ3n) is 2.77. The van der Waals surface area contributed by atoms with Crippen LogP contribution in [0.15, 0.2) is 24.3 Å². The highest BCUT2D eigenvalue weighted by Crippen LogP contribution is 2.31. The molecule has 0 amide bonds. The first-order chi connectivity index (χ1) is 9.63. The fourth-order valence-electron chi connectivity index (χ4n) is 1.98. The molecule has 9 heteroatoms. The Kier molecular flexibility index (Phi) is 4.00. The van der Waals surface area contributed by atoms with Crippen LogP contribution >= 0.6 is 0 Å². The van der Waals surface area contributed by atoms with E-state index in [1.54, 1.807) is 24.3 Å². The van der Waals surface area contributed by atoms with E-state index in [0.717, 1.165) is 12.5 Å². The minimum atomic E-state index is -3.99. The Balaban J connectivity index is 2.42. The van der Waals surface area contributed by atoms with Gasteiger partial charge in [-0.25, -0.2) is 16.8 Å². The molecule has 0 aliphatic carbocycles. The monoisotopic (exact) mass is 333 g/mol. The Bertz CT molecular complexity index is 750. The van der Waals surface area contributed by atoms with Crippen molar-refractivity contribution in [3.63, 3.8) is 0 Å². The van der Waals surface area contributed by atoms with Crippen molar-refractivity contribution in [1.29, 1.82) is 0 Å². The van der Waals surface area contributed by atoms with Gasteiger partial charge in [-0.2, -0.15) is 0 Å². The van der Waals surface area contributed by atoms with E-state index < -0.39 is 26.3 Å². The average Bonchev–Trinajstić information content (AvgIpc) is 2.34. The van der Waals surface area contributed by atoms with Crippen molar-refractivity contribution in [3.05, 3.63) is 29.8 Å². The van der Waals surface area contributed by atoms with Crippen molar-refractivity contribution in [1.82, 2.24) is 3.71 Å². The van der Waals surface area contributed by atoms with Crippen molar-refractivity contribution in [2.45, 2.75) is 6.23 Å². The molecule has 1 aliphatic heterocycles. The van der Waals surface area contributed by atoms with Crippen LogP contribution in [0, 0.1) is 0 Å². The van der Waals surface area contributed by atoms with E-state index in [9.17, 15) is 16.8 Å². The zero-order valence-electron chi connectivity index (χ0n) is 11.7. The van der Waals surface area contributed by atoms with Gasteiger partial charge in [-0.15, -0.1) is 0 Å². The van der Waals surface area contributed by atoms with Gasteiger partial charge >= 0.3 is 0 Å². The van der Waals surface area contributed by atoms with Crippen LogP contribution in [0.2, 0.25) is 0 Å². The molecule has 0 radical (unpaired) electrons. The molecule has 0 aromatic heterocycles. The smallest absolute Gasteiger partial charge is 0.227 e. The van der Waals surface area contributed by atoms with E-state index in [0.29, 0.717) is 20.8 Å². The summed E-state index contributed by atoms with van der Waals surface area (Å²) in [5, 5.41) is 0. The number of nitrogens with zero attached hydrogens (tertiary/aromatic N) is 1. The summed E-state index contributed by atoms with van der Waals surface area (Å²) >= 11 is 0. The molecule has 116 valence electrons. The quantitative estimate of drug-likeness (QED) is 0.803. The van der Waals surface area contributed by atoms with Crippen LogP contribution in [0.1, 0.15) is 5.56 Å². The number of ether oxygens (including phenoxy) is 2. The molecule has 0 bridgehead atoms. The highest BCUT2D eigenvalue weighted by atomic mass is 32.3. The van der Waals surface area contributed by atoms with Crippen LogP contribution in [-0.2, 0) is 20.0 Å². The largest absolute Gasteiger partial charge is 0.497 e. The van der Waals surface area contributed by atoms with Gasteiger partial charge in [-0.3, -0.25) is 0 Å². The van der Waals surface area contributed by atoms with Gasteiger partial charge in [0.1, 0.15) is 11.5 Å². The van der Waals surface area contributed by atoms with Gasteiger partial charge < -0.3 is 9.47 Å². The van der Waals surface area contributed by atoms with Crippen LogP contribution < -0.4 is 9.47 Å². The SMILES string of the molecule is COc1ccc2c(c1)C=CC(N(S(C)(=O)=O)S(C)(=O)=O)O2. The molecule has 1 aromatic carbocycles. The lowest BCUT2D eigenvalue weighted by Gasteiger charge is -2.28. The number of methoxy groups -OCH3 is 1. The van der Waals surface area contributed by atoms with Gasteiger partial charge in [-0.05, 0) is 24.3 Å². The summed E-state index contributed by atoms with van der Waals surface area (Å²) < 4.78 is 57.7. The third-order valence-corrected chi connectivity index (χ3v) is 6.11. The summed E-state index contributed by atoms with van der Waals surface area (Å²) in [6, 6.07) is 4.93. The third kappa shape index (κ3) is 3.36. The van der Waals surface area contributed by atoms with E-state index in [2.05, 4.69) is 0 Å². The first-order valence-corrected chi connectivity index (χ1v) is 9.55. The molecule has 1 atom stereocenters. The first kappa shape index (κ1) is 15.8. The van der Waals surface area contributed by atoms with Crippen molar-refractivity contribution < 1.29 is 26.3 Å². The molecule has 1 aromatic rings. The van der Waals surface area contributed by atoms with E-state index >= 15 is 0 Å². The zero-order chi connectivity index (χ0) is 15.8. The summed E-state index contributed by atoms with van der Waals surface area (Å²) in [7, 11) is -6.47. The van der Waals surface area contributed by atoms with Crippen molar-refractivity contribution in [3.8, 4) is 11.5 Å². The van der Waals surface area contributed by atoms with Crippen molar-refractivity contribution in [2.75, 3.05) is 19.6 Å². The summed E-state index contributed by atoms with van der Waals surface area (Å²) in [4.78, 5) is 0. The van der Waals surface area contributed by atoms with Crippen LogP contribution in [-0.4, -0.2) is 46.4 Å². The molecule has 0 fully saturated rings. The standard InChI is InChI=1S/C12H15NO6S2/c1-18-10-5-6-11-9(8-10)4-7-12(19-11)13(20(2,14)15)21(3,16)17/h4-8,12H,1-3H3. The van der Waals surface area contributed by atoms with Crippen LogP contribution in [0.3, 0.4) is 0 Å². The second-order valence-electron chi connectivity index (χ2n) is 4.52. The van der Waals surface area contributed by atoms with Gasteiger partial charge in [0.25, 0.3) is 0 Å². The predicted octanol–water partition coefficient (Wildman–Crippen LogP) is 0.648. The van der Waals surface area contributed by atoms with Crippen LogP contribution in [0.25, 0.3) is 6.08 Å². The number of hydrogen-bond acceptors (Lipinski definition) is 6. The second-order valence-corrected chi connectivity index (χ2v) is 8.47.